The average molecular weight is 283 g/mol. The van der Waals surface area contributed by atoms with Crippen LogP contribution in [0.3, 0.4) is 0 Å². The summed E-state index contributed by atoms with van der Waals surface area (Å²) in [5, 5.41) is 16.2. The van der Waals surface area contributed by atoms with Crippen molar-refractivity contribution in [2.45, 2.75) is 31.8 Å². The molecule has 0 amide bonds. The Morgan fingerprint density at radius 1 is 1.43 bits per heavy atom. The topological polar surface area (TPSA) is 113 Å². The van der Waals surface area contributed by atoms with E-state index in [1.165, 1.54) is 0 Å². The van der Waals surface area contributed by atoms with Crippen molar-refractivity contribution >= 4 is 22.7 Å². The number of nitrogens with one attached hydrogen (secondary N) is 2. The Morgan fingerprint density at radius 2 is 2.24 bits per heavy atom. The van der Waals surface area contributed by atoms with E-state index in [2.05, 4.69) is 31.7 Å². The van der Waals surface area contributed by atoms with Crippen molar-refractivity contribution in [3.8, 4) is 6.07 Å². The Kier molecular flexibility index (Phi) is 3.54. The van der Waals surface area contributed by atoms with Crippen LogP contribution < -0.4 is 16.4 Å². The van der Waals surface area contributed by atoms with Crippen LogP contribution in [0.2, 0.25) is 0 Å². The lowest BCUT2D eigenvalue weighted by Crippen LogP contribution is -2.44. The van der Waals surface area contributed by atoms with Crippen LogP contribution in [0.5, 0.6) is 0 Å². The molecule has 0 aliphatic heterocycles. The molecule has 0 aromatic carbocycles. The number of rotatable bonds is 4. The highest BCUT2D eigenvalue weighted by atomic mass is 15.1. The minimum atomic E-state index is 0.278. The summed E-state index contributed by atoms with van der Waals surface area (Å²) in [4.78, 5) is 13.1. The summed E-state index contributed by atoms with van der Waals surface area (Å²) in [7, 11) is 0. The Morgan fingerprint density at radius 3 is 2.90 bits per heavy atom. The lowest BCUT2D eigenvalue weighted by molar-refractivity contribution is 0.372. The number of fused-ring (bicyclic) bond motifs is 1. The number of aromatic nitrogens is 3. The molecule has 2 aromatic rings. The molecule has 4 N–H and O–H groups in total. The monoisotopic (exact) mass is 283 g/mol. The van der Waals surface area contributed by atoms with Crippen LogP contribution in [0.15, 0.2) is 12.3 Å². The van der Waals surface area contributed by atoms with Crippen LogP contribution in [-0.4, -0.2) is 33.6 Å². The normalized spacial score (nSPS) is 20.6. The van der Waals surface area contributed by atoms with E-state index < -0.39 is 0 Å². The molecule has 7 nitrogen and oxygen atoms in total. The first-order chi connectivity index (χ1) is 10.2. The molecule has 0 spiro atoms. The van der Waals surface area contributed by atoms with Gasteiger partial charge in [0.15, 0.2) is 5.82 Å². The second-order valence-electron chi connectivity index (χ2n) is 5.20. The molecule has 3 rings (SSSR count). The van der Waals surface area contributed by atoms with Gasteiger partial charge < -0.3 is 16.4 Å². The van der Waals surface area contributed by atoms with Crippen LogP contribution in [-0.2, 0) is 0 Å². The first-order valence-electron chi connectivity index (χ1n) is 7.03. The largest absolute Gasteiger partial charge is 0.368 e. The van der Waals surface area contributed by atoms with Crippen LogP contribution in [0.25, 0.3) is 10.9 Å². The van der Waals surface area contributed by atoms with Crippen molar-refractivity contribution in [2.24, 2.45) is 5.73 Å². The predicted molar refractivity (Wildman–Crippen MR) is 80.8 cm³/mol. The van der Waals surface area contributed by atoms with E-state index in [0.717, 1.165) is 23.7 Å². The third-order valence-electron chi connectivity index (χ3n) is 3.53. The van der Waals surface area contributed by atoms with E-state index in [0.29, 0.717) is 30.0 Å². The molecule has 1 aliphatic carbocycles. The van der Waals surface area contributed by atoms with Gasteiger partial charge in [-0.1, -0.05) is 0 Å². The highest BCUT2D eigenvalue weighted by Gasteiger charge is 2.26. The van der Waals surface area contributed by atoms with Gasteiger partial charge in [-0.25, -0.2) is 15.0 Å². The molecule has 2 heterocycles. The molecule has 1 aliphatic rings. The van der Waals surface area contributed by atoms with E-state index >= 15 is 0 Å². The highest BCUT2D eigenvalue weighted by Crippen LogP contribution is 2.24. The molecular weight excluding hydrogens is 266 g/mol. The molecule has 0 radical (unpaired) electrons. The highest BCUT2D eigenvalue weighted by molar-refractivity contribution is 5.89. The molecule has 0 bridgehead atoms. The van der Waals surface area contributed by atoms with Crippen molar-refractivity contribution in [3.05, 3.63) is 18.0 Å². The van der Waals surface area contributed by atoms with Crippen molar-refractivity contribution in [3.63, 3.8) is 0 Å². The average Bonchev–Trinajstić information content (AvgIpc) is 2.46. The van der Waals surface area contributed by atoms with Crippen LogP contribution in [0.4, 0.5) is 11.8 Å². The molecule has 0 atom stereocenters. The third-order valence-corrected chi connectivity index (χ3v) is 3.53. The van der Waals surface area contributed by atoms with E-state index in [1.807, 2.05) is 6.92 Å². The second kappa shape index (κ2) is 5.50. The van der Waals surface area contributed by atoms with E-state index in [-0.39, 0.29) is 6.04 Å². The summed E-state index contributed by atoms with van der Waals surface area (Å²) in [5.74, 6) is 1.19. The quantitative estimate of drug-likeness (QED) is 0.773. The molecule has 7 heteroatoms. The number of hydrogen-bond donors (Lipinski definition) is 3. The molecule has 108 valence electrons. The van der Waals surface area contributed by atoms with Crippen LogP contribution >= 0.6 is 0 Å². The Labute approximate surface area is 122 Å². The van der Waals surface area contributed by atoms with Gasteiger partial charge in [0.2, 0.25) is 5.95 Å². The minimum Gasteiger partial charge on any atom is -0.368 e. The summed E-state index contributed by atoms with van der Waals surface area (Å²) in [6, 6.07) is 4.36. The van der Waals surface area contributed by atoms with E-state index in [1.54, 1.807) is 12.3 Å². The van der Waals surface area contributed by atoms with Gasteiger partial charge in [0.1, 0.15) is 17.3 Å². The fourth-order valence-corrected chi connectivity index (χ4v) is 2.42. The molecule has 1 saturated carbocycles. The fraction of sp³-hybridized carbons (Fsp3) is 0.429. The van der Waals surface area contributed by atoms with Gasteiger partial charge in [-0.3, -0.25) is 0 Å². The summed E-state index contributed by atoms with van der Waals surface area (Å²) in [6.45, 7) is 2.68. The molecule has 0 unspecified atom stereocenters. The zero-order valence-corrected chi connectivity index (χ0v) is 11.8. The summed E-state index contributed by atoms with van der Waals surface area (Å²) in [5.41, 5.74) is 6.85. The number of pyridine rings is 1. The SMILES string of the molecule is CCNc1nc(C#N)cc2cnc(N[C@H]3C[C@H](N)C3)nc12. The van der Waals surface area contributed by atoms with E-state index in [4.69, 9.17) is 11.0 Å². The van der Waals surface area contributed by atoms with E-state index in [9.17, 15) is 0 Å². The number of nitriles is 1. The third kappa shape index (κ3) is 2.71. The van der Waals surface area contributed by atoms with Gasteiger partial charge >= 0.3 is 0 Å². The van der Waals surface area contributed by atoms with Gasteiger partial charge in [-0.2, -0.15) is 5.26 Å². The lowest BCUT2D eigenvalue weighted by Gasteiger charge is -2.32. The minimum absolute atomic E-state index is 0.278. The van der Waals surface area contributed by atoms with Gasteiger partial charge in [-0.15, -0.1) is 0 Å². The fourth-order valence-electron chi connectivity index (χ4n) is 2.42. The first-order valence-corrected chi connectivity index (χ1v) is 7.03. The maximum absolute atomic E-state index is 9.02. The Balaban J connectivity index is 1.95. The van der Waals surface area contributed by atoms with Gasteiger partial charge in [0.05, 0.1) is 0 Å². The van der Waals surface area contributed by atoms with Gasteiger partial charge in [0, 0.05) is 30.2 Å². The summed E-state index contributed by atoms with van der Waals surface area (Å²) < 4.78 is 0. The number of nitrogens with two attached hydrogens (primary N) is 1. The summed E-state index contributed by atoms with van der Waals surface area (Å²) >= 11 is 0. The van der Waals surface area contributed by atoms with Crippen molar-refractivity contribution in [1.82, 2.24) is 15.0 Å². The smallest absolute Gasteiger partial charge is 0.223 e. The van der Waals surface area contributed by atoms with Gasteiger partial charge in [0.25, 0.3) is 0 Å². The first kappa shape index (κ1) is 13.5. The standard InChI is InChI=1S/C14H17N7/c1-2-17-13-12-8(3-11(6-15)19-13)7-18-14(21-12)20-10-4-9(16)5-10/h3,7,9-10H,2,4-5,16H2,1H3,(H,17,19)(H,18,20,21)/t9-,10-. The van der Waals surface area contributed by atoms with Crippen LogP contribution in [0, 0.1) is 11.3 Å². The lowest BCUT2D eigenvalue weighted by atomic mass is 9.88. The Hall–Kier alpha value is -2.46. The molecule has 21 heavy (non-hydrogen) atoms. The Bertz CT molecular complexity index is 700. The number of hydrogen-bond acceptors (Lipinski definition) is 7. The second-order valence-corrected chi connectivity index (χ2v) is 5.20. The maximum Gasteiger partial charge on any atom is 0.223 e. The van der Waals surface area contributed by atoms with Gasteiger partial charge in [-0.05, 0) is 25.8 Å². The van der Waals surface area contributed by atoms with Crippen molar-refractivity contribution in [1.29, 1.82) is 5.26 Å². The van der Waals surface area contributed by atoms with Crippen LogP contribution in [0.1, 0.15) is 25.5 Å². The van der Waals surface area contributed by atoms with Crippen molar-refractivity contribution in [2.75, 3.05) is 17.2 Å². The number of anilines is 2. The molecular formula is C14H17N7. The summed E-state index contributed by atoms with van der Waals surface area (Å²) in [6.07, 6.45) is 3.59. The maximum atomic E-state index is 9.02. The molecule has 2 aromatic heterocycles. The number of nitrogens with zero attached hydrogens (tertiary/aromatic N) is 4. The predicted octanol–water partition coefficient (Wildman–Crippen LogP) is 1.23. The zero-order valence-electron chi connectivity index (χ0n) is 11.8. The molecule has 0 saturated heterocycles. The van der Waals surface area contributed by atoms with Crippen molar-refractivity contribution < 1.29 is 0 Å². The molecule has 1 fully saturated rings. The zero-order chi connectivity index (χ0) is 14.8.